The molecule has 0 spiro atoms. The van der Waals surface area contributed by atoms with Crippen molar-refractivity contribution >= 4 is 34.9 Å². The van der Waals surface area contributed by atoms with E-state index in [1.165, 1.54) is 0 Å². The Bertz CT molecular complexity index is 625. The van der Waals surface area contributed by atoms with Crippen LogP contribution in [0, 0.1) is 13.8 Å². The Morgan fingerprint density at radius 1 is 1.00 bits per heavy atom. The maximum atomic E-state index is 4.48. The summed E-state index contributed by atoms with van der Waals surface area (Å²) in [6, 6.07) is 6.20. The Labute approximate surface area is 128 Å². The lowest BCUT2D eigenvalue weighted by Gasteiger charge is -2.06. The molecule has 2 rings (SSSR count). The van der Waals surface area contributed by atoms with Crippen molar-refractivity contribution in [2.75, 3.05) is 12.5 Å². The largest absolute Gasteiger partial charge is 0.270 e. The molecule has 0 aliphatic carbocycles. The summed E-state index contributed by atoms with van der Waals surface area (Å²) in [5.41, 5.74) is 3.73. The molecule has 0 bridgehead atoms. The molecular formula is C14H18N4S2. The summed E-state index contributed by atoms with van der Waals surface area (Å²) in [6.07, 6.45) is 4.11. The fourth-order valence-electron chi connectivity index (χ4n) is 1.94. The number of aromatic nitrogens is 2. The number of hydrogen-bond acceptors (Lipinski definition) is 5. The summed E-state index contributed by atoms with van der Waals surface area (Å²) in [5, 5.41) is 13.3. The summed E-state index contributed by atoms with van der Waals surface area (Å²) in [7, 11) is 1.92. The average Bonchev–Trinajstić information content (AvgIpc) is 2.69. The van der Waals surface area contributed by atoms with Crippen LogP contribution in [0.2, 0.25) is 0 Å². The zero-order valence-corrected chi connectivity index (χ0v) is 14.0. The second-order valence-corrected chi connectivity index (χ2v) is 6.05. The van der Waals surface area contributed by atoms with Crippen molar-refractivity contribution in [1.29, 1.82) is 0 Å². The molecule has 1 heterocycles. The molecule has 6 heteroatoms. The first kappa shape index (κ1) is 15.1. The van der Waals surface area contributed by atoms with Gasteiger partial charge in [-0.15, -0.1) is 33.8 Å². The van der Waals surface area contributed by atoms with E-state index in [1.807, 2.05) is 25.6 Å². The lowest BCUT2D eigenvalue weighted by Crippen LogP contribution is -1.91. The summed E-state index contributed by atoms with van der Waals surface area (Å²) in [5.74, 6) is 0. The molecule has 0 aliphatic rings. The van der Waals surface area contributed by atoms with E-state index < -0.39 is 0 Å². The third-order valence-electron chi connectivity index (χ3n) is 3.12. The van der Waals surface area contributed by atoms with Gasteiger partial charge in [0, 0.05) is 16.8 Å². The lowest BCUT2D eigenvalue weighted by atomic mass is 10.3. The highest BCUT2D eigenvalue weighted by atomic mass is 32.2. The van der Waals surface area contributed by atoms with Crippen LogP contribution < -0.4 is 0 Å². The zero-order chi connectivity index (χ0) is 14.7. The third-order valence-corrected chi connectivity index (χ3v) is 4.66. The van der Waals surface area contributed by atoms with Crippen LogP contribution in [-0.4, -0.2) is 22.3 Å². The Hall–Kier alpha value is -1.27. The normalized spacial score (nSPS) is 11.4. The zero-order valence-electron chi connectivity index (χ0n) is 12.3. The summed E-state index contributed by atoms with van der Waals surface area (Å²) in [6.45, 7) is 3.96. The predicted molar refractivity (Wildman–Crippen MR) is 86.9 cm³/mol. The first-order valence-corrected chi connectivity index (χ1v) is 8.66. The van der Waals surface area contributed by atoms with Gasteiger partial charge in [-0.2, -0.15) is 5.10 Å². The molecule has 0 amide bonds. The predicted octanol–water partition coefficient (Wildman–Crippen LogP) is 4.90. The number of rotatable bonds is 4. The Kier molecular flexibility index (Phi) is 4.88. The molecule has 2 aromatic rings. The van der Waals surface area contributed by atoms with Crippen molar-refractivity contribution < 1.29 is 0 Å². The fraction of sp³-hybridized carbons (Fsp3) is 0.357. The van der Waals surface area contributed by atoms with Gasteiger partial charge in [-0.05, 0) is 38.5 Å². The average molecular weight is 306 g/mol. The van der Waals surface area contributed by atoms with Crippen molar-refractivity contribution in [3.8, 4) is 0 Å². The van der Waals surface area contributed by atoms with Gasteiger partial charge >= 0.3 is 0 Å². The van der Waals surface area contributed by atoms with E-state index in [0.29, 0.717) is 0 Å². The smallest absolute Gasteiger partial charge is 0.129 e. The van der Waals surface area contributed by atoms with Gasteiger partial charge in [0.1, 0.15) is 11.4 Å². The van der Waals surface area contributed by atoms with Crippen molar-refractivity contribution in [2.24, 2.45) is 17.3 Å². The SMILES string of the molecule is CSc1cccc(SC)c1N=Nc1c(C)nn(C)c1C. The molecule has 0 fully saturated rings. The quantitative estimate of drug-likeness (QED) is 0.596. The highest BCUT2D eigenvalue weighted by Gasteiger charge is 2.10. The van der Waals surface area contributed by atoms with Gasteiger partial charge in [-0.1, -0.05) is 6.07 Å². The van der Waals surface area contributed by atoms with Crippen LogP contribution >= 0.6 is 23.5 Å². The second-order valence-electron chi connectivity index (χ2n) is 4.35. The van der Waals surface area contributed by atoms with Gasteiger partial charge < -0.3 is 0 Å². The van der Waals surface area contributed by atoms with E-state index in [9.17, 15) is 0 Å². The summed E-state index contributed by atoms with van der Waals surface area (Å²) in [4.78, 5) is 2.28. The van der Waals surface area contributed by atoms with Crippen molar-refractivity contribution in [1.82, 2.24) is 9.78 Å². The molecule has 106 valence electrons. The lowest BCUT2D eigenvalue weighted by molar-refractivity contribution is 0.731. The first-order valence-electron chi connectivity index (χ1n) is 6.21. The standard InChI is InChI=1S/C14H18N4S2/c1-9-13(10(2)18(3)17-9)15-16-14-11(19-4)7-6-8-12(14)20-5/h6-8H,1-5H3. The molecule has 0 radical (unpaired) electrons. The molecule has 0 aliphatic heterocycles. The number of hydrogen-bond donors (Lipinski definition) is 0. The van der Waals surface area contributed by atoms with E-state index in [1.54, 1.807) is 23.5 Å². The molecular weight excluding hydrogens is 288 g/mol. The van der Waals surface area contributed by atoms with E-state index in [-0.39, 0.29) is 0 Å². The van der Waals surface area contributed by atoms with Crippen LogP contribution in [0.15, 0.2) is 38.2 Å². The Morgan fingerprint density at radius 2 is 1.55 bits per heavy atom. The van der Waals surface area contributed by atoms with E-state index in [4.69, 9.17) is 0 Å². The number of azo groups is 1. The molecule has 20 heavy (non-hydrogen) atoms. The molecule has 0 atom stereocenters. The Morgan fingerprint density at radius 3 is 2.00 bits per heavy atom. The van der Waals surface area contributed by atoms with Gasteiger partial charge in [0.2, 0.25) is 0 Å². The van der Waals surface area contributed by atoms with Crippen LogP contribution in [0.1, 0.15) is 11.4 Å². The Balaban J connectivity index is 2.46. The number of nitrogens with zero attached hydrogens (tertiary/aromatic N) is 4. The van der Waals surface area contributed by atoms with Gasteiger partial charge in [0.25, 0.3) is 0 Å². The molecule has 0 saturated heterocycles. The number of thioether (sulfide) groups is 2. The monoisotopic (exact) mass is 306 g/mol. The fourth-order valence-corrected chi connectivity index (χ4v) is 3.12. The van der Waals surface area contributed by atoms with Crippen LogP contribution in [0.4, 0.5) is 11.4 Å². The van der Waals surface area contributed by atoms with Crippen molar-refractivity contribution in [2.45, 2.75) is 23.6 Å². The van der Waals surface area contributed by atoms with Crippen LogP contribution in [-0.2, 0) is 7.05 Å². The van der Waals surface area contributed by atoms with E-state index in [0.717, 1.165) is 32.6 Å². The molecule has 4 nitrogen and oxygen atoms in total. The van der Waals surface area contributed by atoms with E-state index >= 15 is 0 Å². The van der Waals surface area contributed by atoms with Gasteiger partial charge in [-0.3, -0.25) is 4.68 Å². The first-order chi connectivity index (χ1) is 9.58. The topological polar surface area (TPSA) is 42.5 Å². The van der Waals surface area contributed by atoms with Crippen molar-refractivity contribution in [3.05, 3.63) is 29.6 Å². The van der Waals surface area contributed by atoms with Crippen molar-refractivity contribution in [3.63, 3.8) is 0 Å². The molecule has 1 aromatic heterocycles. The van der Waals surface area contributed by atoms with Gasteiger partial charge in [0.15, 0.2) is 0 Å². The molecule has 1 aromatic carbocycles. The third kappa shape index (κ3) is 2.91. The highest BCUT2D eigenvalue weighted by Crippen LogP contribution is 2.38. The van der Waals surface area contributed by atoms with Crippen LogP contribution in [0.3, 0.4) is 0 Å². The maximum Gasteiger partial charge on any atom is 0.129 e. The highest BCUT2D eigenvalue weighted by molar-refractivity contribution is 7.99. The van der Waals surface area contributed by atoms with E-state index in [2.05, 4.69) is 46.0 Å². The minimum Gasteiger partial charge on any atom is -0.270 e. The van der Waals surface area contributed by atoms with Gasteiger partial charge in [-0.25, -0.2) is 0 Å². The second kappa shape index (κ2) is 6.45. The molecule has 0 N–H and O–H groups in total. The number of aryl methyl sites for hydroxylation is 2. The molecule has 0 saturated carbocycles. The maximum absolute atomic E-state index is 4.48. The summed E-state index contributed by atoms with van der Waals surface area (Å²) < 4.78 is 1.83. The minimum absolute atomic E-state index is 0.857. The number of benzene rings is 1. The van der Waals surface area contributed by atoms with Gasteiger partial charge in [0.05, 0.1) is 11.4 Å². The van der Waals surface area contributed by atoms with Crippen LogP contribution in [0.25, 0.3) is 0 Å². The minimum atomic E-state index is 0.857. The van der Waals surface area contributed by atoms with Crippen LogP contribution in [0.5, 0.6) is 0 Å². The molecule has 0 unspecified atom stereocenters. The summed E-state index contributed by atoms with van der Waals surface area (Å²) >= 11 is 3.37.